The molecule has 0 heterocycles. The van der Waals surface area contributed by atoms with Crippen molar-refractivity contribution in [1.29, 1.82) is 0 Å². The summed E-state index contributed by atoms with van der Waals surface area (Å²) in [4.78, 5) is 0.806. The largest absolute Gasteiger partial charge is 0.494 e. The van der Waals surface area contributed by atoms with E-state index < -0.39 is 0 Å². The first-order valence-electron chi connectivity index (χ1n) is 3.19. The highest BCUT2D eigenvalue weighted by Crippen LogP contribution is 2.33. The molecule has 3 heteroatoms. The molecule has 1 nitrogen and oxygen atoms in total. The van der Waals surface area contributed by atoms with Gasteiger partial charge in [-0.2, -0.15) is 0 Å². The van der Waals surface area contributed by atoms with E-state index in [0.29, 0.717) is 10.8 Å². The Morgan fingerprint density at radius 1 is 1.45 bits per heavy atom. The lowest BCUT2D eigenvalue weighted by Gasteiger charge is -2.07. The maximum atomic E-state index is 5.83. The van der Waals surface area contributed by atoms with Gasteiger partial charge in [0.15, 0.2) is 5.75 Å². The number of ether oxygens (including phenoxy) is 1. The van der Waals surface area contributed by atoms with Gasteiger partial charge in [-0.25, -0.2) is 0 Å². The minimum atomic E-state index is 0.600. The van der Waals surface area contributed by atoms with Crippen LogP contribution in [-0.4, -0.2) is 7.11 Å². The molecule has 0 aliphatic rings. The fourth-order valence-electron chi connectivity index (χ4n) is 0.839. The minimum absolute atomic E-state index is 0.600. The van der Waals surface area contributed by atoms with Gasteiger partial charge in [0.2, 0.25) is 0 Å². The molecule has 0 N–H and O–H groups in total. The summed E-state index contributed by atoms with van der Waals surface area (Å²) >= 11 is 10.1. The highest BCUT2D eigenvalue weighted by Gasteiger charge is 2.05. The van der Waals surface area contributed by atoms with Crippen molar-refractivity contribution in [2.45, 2.75) is 11.8 Å². The van der Waals surface area contributed by atoms with Gasteiger partial charge in [-0.05, 0) is 18.6 Å². The fraction of sp³-hybridized carbons (Fsp3) is 0.250. The molecule has 0 fully saturated rings. The van der Waals surface area contributed by atoms with Crippen LogP contribution in [0.1, 0.15) is 5.56 Å². The van der Waals surface area contributed by atoms with Gasteiger partial charge >= 0.3 is 0 Å². The number of methoxy groups -OCH3 is 1. The third-order valence-corrected chi connectivity index (χ3v) is 2.34. The number of benzene rings is 1. The molecule has 0 aromatic heterocycles. The summed E-state index contributed by atoms with van der Waals surface area (Å²) in [5, 5.41) is 0.600. The van der Waals surface area contributed by atoms with E-state index in [1.54, 1.807) is 13.2 Å². The monoisotopic (exact) mass is 188 g/mol. The Morgan fingerprint density at radius 2 is 2.09 bits per heavy atom. The second-order valence-corrected chi connectivity index (χ2v) is 3.10. The van der Waals surface area contributed by atoms with Crippen LogP contribution in [0, 0.1) is 6.92 Å². The second kappa shape index (κ2) is 3.37. The van der Waals surface area contributed by atoms with Crippen molar-refractivity contribution in [3.05, 3.63) is 22.7 Å². The fourth-order valence-corrected chi connectivity index (χ4v) is 1.43. The predicted octanol–water partition coefficient (Wildman–Crippen LogP) is 2.95. The molecule has 0 aliphatic carbocycles. The lowest BCUT2D eigenvalue weighted by molar-refractivity contribution is 0.404. The molecule has 0 bridgehead atoms. The normalized spacial score (nSPS) is 9.82. The Labute approximate surface area is 76.7 Å². The molecule has 0 radical (unpaired) electrons. The molecule has 0 amide bonds. The Bertz CT molecular complexity index is 273. The van der Waals surface area contributed by atoms with Crippen LogP contribution in [0.15, 0.2) is 17.0 Å². The summed E-state index contributed by atoms with van der Waals surface area (Å²) in [5.41, 5.74) is 1.06. The number of aryl methyl sites for hydroxylation is 1. The first-order valence-corrected chi connectivity index (χ1v) is 4.01. The molecule has 60 valence electrons. The maximum absolute atomic E-state index is 5.83. The third-order valence-electron chi connectivity index (χ3n) is 1.49. The van der Waals surface area contributed by atoms with E-state index in [-0.39, 0.29) is 0 Å². The van der Waals surface area contributed by atoms with Gasteiger partial charge in [-0.15, -0.1) is 12.6 Å². The summed E-state index contributed by atoms with van der Waals surface area (Å²) in [6.45, 7) is 1.96. The average molecular weight is 189 g/mol. The van der Waals surface area contributed by atoms with Crippen LogP contribution in [0.3, 0.4) is 0 Å². The van der Waals surface area contributed by atoms with Crippen LogP contribution in [-0.2, 0) is 0 Å². The highest BCUT2D eigenvalue weighted by atomic mass is 35.5. The van der Waals surface area contributed by atoms with Crippen LogP contribution in [0.25, 0.3) is 0 Å². The van der Waals surface area contributed by atoms with Crippen molar-refractivity contribution < 1.29 is 4.74 Å². The van der Waals surface area contributed by atoms with Crippen LogP contribution in [0.2, 0.25) is 5.02 Å². The predicted molar refractivity (Wildman–Crippen MR) is 50.0 cm³/mol. The maximum Gasteiger partial charge on any atom is 0.150 e. The highest BCUT2D eigenvalue weighted by molar-refractivity contribution is 7.80. The van der Waals surface area contributed by atoms with Crippen molar-refractivity contribution in [2.24, 2.45) is 0 Å². The Kier molecular flexibility index (Phi) is 2.68. The molecule has 1 rings (SSSR count). The molecule has 0 unspecified atom stereocenters. The number of halogens is 1. The minimum Gasteiger partial charge on any atom is -0.494 e. The summed E-state index contributed by atoms with van der Waals surface area (Å²) in [6, 6.07) is 3.71. The van der Waals surface area contributed by atoms with Crippen molar-refractivity contribution >= 4 is 24.2 Å². The SMILES string of the molecule is COc1c(Cl)ccc(C)c1S. The van der Waals surface area contributed by atoms with E-state index in [2.05, 4.69) is 12.6 Å². The van der Waals surface area contributed by atoms with Gasteiger partial charge in [-0.1, -0.05) is 17.7 Å². The zero-order chi connectivity index (χ0) is 8.43. The zero-order valence-electron chi connectivity index (χ0n) is 6.39. The van der Waals surface area contributed by atoms with Crippen LogP contribution < -0.4 is 4.74 Å². The van der Waals surface area contributed by atoms with E-state index in [0.717, 1.165) is 10.5 Å². The van der Waals surface area contributed by atoms with E-state index in [4.69, 9.17) is 16.3 Å². The first kappa shape index (κ1) is 8.75. The lowest BCUT2D eigenvalue weighted by Crippen LogP contribution is -1.87. The van der Waals surface area contributed by atoms with E-state index >= 15 is 0 Å². The molecular weight excluding hydrogens is 180 g/mol. The Balaban J connectivity index is 3.29. The van der Waals surface area contributed by atoms with Gasteiger partial charge in [0.05, 0.1) is 17.0 Å². The molecule has 0 saturated heterocycles. The second-order valence-electron chi connectivity index (χ2n) is 2.25. The molecule has 0 spiro atoms. The Morgan fingerprint density at radius 3 is 2.55 bits per heavy atom. The van der Waals surface area contributed by atoms with E-state index in [1.165, 1.54) is 0 Å². The number of hydrogen-bond acceptors (Lipinski definition) is 2. The first-order chi connectivity index (χ1) is 5.16. The van der Waals surface area contributed by atoms with Crippen LogP contribution >= 0.6 is 24.2 Å². The average Bonchev–Trinajstić information content (AvgIpc) is 1.99. The molecule has 11 heavy (non-hydrogen) atoms. The Hall–Kier alpha value is -0.340. The summed E-state index contributed by atoms with van der Waals surface area (Å²) in [5.74, 6) is 0.648. The van der Waals surface area contributed by atoms with Gasteiger partial charge in [0, 0.05) is 0 Å². The van der Waals surface area contributed by atoms with E-state index in [9.17, 15) is 0 Å². The van der Waals surface area contributed by atoms with Crippen molar-refractivity contribution in [3.63, 3.8) is 0 Å². The van der Waals surface area contributed by atoms with Gasteiger partial charge in [0.1, 0.15) is 0 Å². The van der Waals surface area contributed by atoms with Crippen molar-refractivity contribution in [3.8, 4) is 5.75 Å². The van der Waals surface area contributed by atoms with E-state index in [1.807, 2.05) is 13.0 Å². The molecule has 0 saturated carbocycles. The lowest BCUT2D eigenvalue weighted by atomic mass is 10.2. The molecule has 1 aromatic carbocycles. The zero-order valence-corrected chi connectivity index (χ0v) is 8.04. The van der Waals surface area contributed by atoms with Gasteiger partial charge in [-0.3, -0.25) is 0 Å². The molecular formula is C8H9ClOS. The van der Waals surface area contributed by atoms with Crippen molar-refractivity contribution in [1.82, 2.24) is 0 Å². The number of thiol groups is 1. The smallest absolute Gasteiger partial charge is 0.150 e. The molecule has 0 aliphatic heterocycles. The topological polar surface area (TPSA) is 9.23 Å². The van der Waals surface area contributed by atoms with Gasteiger partial charge in [0.25, 0.3) is 0 Å². The molecule has 1 aromatic rings. The standard InChI is InChI=1S/C8H9ClOS/c1-5-3-4-6(9)7(10-2)8(5)11/h3-4,11H,1-2H3. The number of hydrogen-bond donors (Lipinski definition) is 1. The van der Waals surface area contributed by atoms with Gasteiger partial charge < -0.3 is 4.74 Å². The number of rotatable bonds is 1. The van der Waals surface area contributed by atoms with Crippen LogP contribution in [0.5, 0.6) is 5.75 Å². The van der Waals surface area contributed by atoms with Crippen molar-refractivity contribution in [2.75, 3.05) is 7.11 Å². The van der Waals surface area contributed by atoms with Crippen LogP contribution in [0.4, 0.5) is 0 Å². The summed E-state index contributed by atoms with van der Waals surface area (Å²) in [6.07, 6.45) is 0. The summed E-state index contributed by atoms with van der Waals surface area (Å²) in [7, 11) is 1.58. The third kappa shape index (κ3) is 1.63. The quantitative estimate of drug-likeness (QED) is 0.667. The molecule has 0 atom stereocenters. The summed E-state index contributed by atoms with van der Waals surface area (Å²) < 4.78 is 5.05.